The van der Waals surface area contributed by atoms with Crippen LogP contribution in [0.1, 0.15) is 32.3 Å². The fourth-order valence-electron chi connectivity index (χ4n) is 2.92. The van der Waals surface area contributed by atoms with E-state index in [2.05, 4.69) is 42.1 Å². The molecule has 5 heteroatoms. The standard InChI is InChI=1S/C18H20N2O2S/c1-3-12(4-2)11-20-9-8-14-13(6-5-7-15(14)20)10-16-17(21)19-18(22)23-16/h5-10,12H,3-4,11H2,1-2H3,(H,19,21,22)/b16-10-. The Morgan fingerprint density at radius 2 is 2.00 bits per heavy atom. The number of imide groups is 1. The molecule has 0 radical (unpaired) electrons. The maximum absolute atomic E-state index is 11.7. The van der Waals surface area contributed by atoms with Crippen LogP contribution < -0.4 is 5.32 Å². The Hall–Kier alpha value is -2.01. The van der Waals surface area contributed by atoms with Gasteiger partial charge in [-0.05, 0) is 41.5 Å². The molecule has 2 amide bonds. The van der Waals surface area contributed by atoms with Gasteiger partial charge in [0, 0.05) is 23.6 Å². The molecule has 4 nitrogen and oxygen atoms in total. The van der Waals surface area contributed by atoms with E-state index in [-0.39, 0.29) is 11.1 Å². The maximum atomic E-state index is 11.7. The van der Waals surface area contributed by atoms with E-state index in [1.807, 2.05) is 12.1 Å². The van der Waals surface area contributed by atoms with Crippen LogP contribution in [0.15, 0.2) is 35.4 Å². The molecule has 0 unspecified atom stereocenters. The van der Waals surface area contributed by atoms with E-state index < -0.39 is 0 Å². The Labute approximate surface area is 139 Å². The monoisotopic (exact) mass is 328 g/mol. The predicted octanol–water partition coefficient (Wildman–Crippen LogP) is 4.40. The molecule has 23 heavy (non-hydrogen) atoms. The molecule has 0 saturated carbocycles. The van der Waals surface area contributed by atoms with Crippen molar-refractivity contribution in [3.63, 3.8) is 0 Å². The van der Waals surface area contributed by atoms with Crippen LogP contribution in [0.25, 0.3) is 17.0 Å². The number of fused-ring (bicyclic) bond motifs is 1. The van der Waals surface area contributed by atoms with Crippen LogP contribution in [-0.4, -0.2) is 15.7 Å². The van der Waals surface area contributed by atoms with E-state index >= 15 is 0 Å². The first-order chi connectivity index (χ1) is 11.1. The van der Waals surface area contributed by atoms with Crippen molar-refractivity contribution in [3.8, 4) is 0 Å². The van der Waals surface area contributed by atoms with Crippen LogP contribution in [0.5, 0.6) is 0 Å². The van der Waals surface area contributed by atoms with Gasteiger partial charge in [0.1, 0.15) is 0 Å². The molecule has 0 aliphatic carbocycles. The van der Waals surface area contributed by atoms with Gasteiger partial charge in [0.15, 0.2) is 0 Å². The average molecular weight is 328 g/mol. The lowest BCUT2D eigenvalue weighted by molar-refractivity contribution is -0.115. The van der Waals surface area contributed by atoms with E-state index in [1.165, 1.54) is 18.4 Å². The Balaban J connectivity index is 1.97. The number of nitrogens with one attached hydrogen (secondary N) is 1. The van der Waals surface area contributed by atoms with Crippen molar-refractivity contribution in [3.05, 3.63) is 40.9 Å². The lowest BCUT2D eigenvalue weighted by Crippen LogP contribution is -2.17. The first-order valence-corrected chi connectivity index (χ1v) is 8.76. The minimum absolute atomic E-state index is 0.306. The summed E-state index contributed by atoms with van der Waals surface area (Å²) in [6, 6.07) is 8.17. The molecule has 1 fully saturated rings. The van der Waals surface area contributed by atoms with Gasteiger partial charge in [-0.15, -0.1) is 0 Å². The van der Waals surface area contributed by atoms with Crippen molar-refractivity contribution in [1.29, 1.82) is 0 Å². The number of thioether (sulfide) groups is 1. The van der Waals surface area contributed by atoms with Crippen molar-refractivity contribution in [1.82, 2.24) is 9.88 Å². The smallest absolute Gasteiger partial charge is 0.290 e. The zero-order valence-corrected chi connectivity index (χ0v) is 14.2. The van der Waals surface area contributed by atoms with Crippen LogP contribution in [0, 0.1) is 5.92 Å². The van der Waals surface area contributed by atoms with Gasteiger partial charge in [0.2, 0.25) is 0 Å². The zero-order valence-electron chi connectivity index (χ0n) is 13.3. The van der Waals surface area contributed by atoms with Crippen molar-refractivity contribution in [2.45, 2.75) is 33.2 Å². The molecule has 1 saturated heterocycles. The van der Waals surface area contributed by atoms with Gasteiger partial charge in [-0.25, -0.2) is 0 Å². The fourth-order valence-corrected chi connectivity index (χ4v) is 3.59. The van der Waals surface area contributed by atoms with Gasteiger partial charge in [0.05, 0.1) is 4.91 Å². The topological polar surface area (TPSA) is 51.1 Å². The minimum atomic E-state index is -0.312. The molecule has 1 aliphatic heterocycles. The number of hydrogen-bond acceptors (Lipinski definition) is 3. The fraction of sp³-hybridized carbons (Fsp3) is 0.333. The Morgan fingerprint density at radius 3 is 2.65 bits per heavy atom. The largest absolute Gasteiger partial charge is 0.347 e. The molecule has 1 aromatic carbocycles. The average Bonchev–Trinajstić information content (AvgIpc) is 3.09. The molecule has 3 rings (SSSR count). The quantitative estimate of drug-likeness (QED) is 0.828. The first kappa shape index (κ1) is 15.9. The SMILES string of the molecule is CCC(CC)Cn1ccc2c(/C=C3\SC(=O)NC3=O)cccc21. The molecule has 1 aliphatic rings. The molecule has 0 atom stereocenters. The first-order valence-electron chi connectivity index (χ1n) is 7.95. The molecular weight excluding hydrogens is 308 g/mol. The molecule has 1 aromatic heterocycles. The summed E-state index contributed by atoms with van der Waals surface area (Å²) >= 11 is 0.956. The van der Waals surface area contributed by atoms with E-state index in [4.69, 9.17) is 0 Å². The number of hydrogen-bond donors (Lipinski definition) is 1. The normalized spacial score (nSPS) is 16.7. The summed E-state index contributed by atoms with van der Waals surface area (Å²) in [5, 5.41) is 3.10. The third-order valence-corrected chi connectivity index (χ3v) is 5.20. The van der Waals surface area contributed by atoms with Crippen LogP contribution in [0.2, 0.25) is 0 Å². The maximum Gasteiger partial charge on any atom is 0.290 e. The summed E-state index contributed by atoms with van der Waals surface area (Å²) in [6.45, 7) is 5.45. The second-order valence-electron chi connectivity index (χ2n) is 5.78. The zero-order chi connectivity index (χ0) is 16.4. The molecule has 2 aromatic rings. The number of benzene rings is 1. The summed E-state index contributed by atoms with van der Waals surface area (Å²) in [4.78, 5) is 23.5. The third kappa shape index (κ3) is 3.20. The number of nitrogens with zero attached hydrogens (tertiary/aromatic N) is 1. The highest BCUT2D eigenvalue weighted by molar-refractivity contribution is 8.18. The summed E-state index contributed by atoms with van der Waals surface area (Å²) in [7, 11) is 0. The van der Waals surface area contributed by atoms with Gasteiger partial charge in [-0.2, -0.15) is 0 Å². The van der Waals surface area contributed by atoms with Gasteiger partial charge >= 0.3 is 0 Å². The second kappa shape index (κ2) is 6.62. The van der Waals surface area contributed by atoms with E-state index in [1.54, 1.807) is 6.08 Å². The summed E-state index contributed by atoms with van der Waals surface area (Å²) in [6.07, 6.45) is 6.24. The van der Waals surface area contributed by atoms with Crippen LogP contribution in [-0.2, 0) is 11.3 Å². The van der Waals surface area contributed by atoms with Crippen molar-refractivity contribution in [2.75, 3.05) is 0 Å². The molecule has 2 heterocycles. The highest BCUT2D eigenvalue weighted by atomic mass is 32.2. The lowest BCUT2D eigenvalue weighted by atomic mass is 10.0. The Bertz CT molecular complexity index is 787. The summed E-state index contributed by atoms with van der Waals surface area (Å²) < 4.78 is 2.28. The number of rotatable bonds is 5. The highest BCUT2D eigenvalue weighted by Crippen LogP contribution is 2.29. The van der Waals surface area contributed by atoms with Crippen molar-refractivity contribution >= 4 is 39.9 Å². The Morgan fingerprint density at radius 1 is 1.22 bits per heavy atom. The summed E-state index contributed by atoms with van der Waals surface area (Å²) in [5.41, 5.74) is 2.14. The van der Waals surface area contributed by atoms with Crippen LogP contribution in [0.4, 0.5) is 4.79 Å². The third-order valence-electron chi connectivity index (χ3n) is 4.39. The van der Waals surface area contributed by atoms with Gasteiger partial charge < -0.3 is 4.57 Å². The van der Waals surface area contributed by atoms with E-state index in [9.17, 15) is 9.59 Å². The molecular formula is C18H20N2O2S. The number of carbonyl (C=O) groups excluding carboxylic acids is 2. The van der Waals surface area contributed by atoms with E-state index in [0.717, 1.165) is 29.3 Å². The van der Waals surface area contributed by atoms with Crippen molar-refractivity contribution < 1.29 is 9.59 Å². The van der Waals surface area contributed by atoms with Crippen LogP contribution >= 0.6 is 11.8 Å². The molecule has 1 N–H and O–H groups in total. The number of carbonyl (C=O) groups is 2. The molecule has 0 spiro atoms. The number of amides is 2. The van der Waals surface area contributed by atoms with E-state index in [0.29, 0.717) is 10.8 Å². The Kier molecular flexibility index (Phi) is 4.57. The van der Waals surface area contributed by atoms with Crippen molar-refractivity contribution in [2.24, 2.45) is 5.92 Å². The molecule has 120 valence electrons. The molecule has 0 bridgehead atoms. The minimum Gasteiger partial charge on any atom is -0.347 e. The predicted molar refractivity (Wildman–Crippen MR) is 95.1 cm³/mol. The van der Waals surface area contributed by atoms with Gasteiger partial charge in [0.25, 0.3) is 11.1 Å². The summed E-state index contributed by atoms with van der Waals surface area (Å²) in [5.74, 6) is 0.356. The second-order valence-corrected chi connectivity index (χ2v) is 6.80. The van der Waals surface area contributed by atoms with Gasteiger partial charge in [-0.1, -0.05) is 38.8 Å². The lowest BCUT2D eigenvalue weighted by Gasteiger charge is -2.14. The number of aromatic nitrogens is 1. The van der Waals surface area contributed by atoms with Gasteiger partial charge in [-0.3, -0.25) is 14.9 Å². The highest BCUT2D eigenvalue weighted by Gasteiger charge is 2.25. The van der Waals surface area contributed by atoms with Crippen LogP contribution in [0.3, 0.4) is 0 Å².